The molecule has 0 fully saturated rings. The van der Waals surface area contributed by atoms with Gasteiger partial charge in [0.2, 0.25) is 0 Å². The van der Waals surface area contributed by atoms with Crippen molar-refractivity contribution < 1.29 is 19.0 Å². The maximum absolute atomic E-state index is 13.2. The Morgan fingerprint density at radius 1 is 1.00 bits per heavy atom. The molecule has 2 aromatic carbocycles. The minimum atomic E-state index is -0.181. The molecule has 0 saturated carbocycles. The van der Waals surface area contributed by atoms with Gasteiger partial charge in [-0.1, -0.05) is 18.2 Å². The molecule has 27 heavy (non-hydrogen) atoms. The monoisotopic (exact) mass is 364 g/mol. The number of amides is 1. The van der Waals surface area contributed by atoms with Crippen LogP contribution in [0.2, 0.25) is 0 Å². The quantitative estimate of drug-likeness (QED) is 0.835. The molecule has 0 aliphatic carbocycles. The van der Waals surface area contributed by atoms with Crippen LogP contribution in [-0.4, -0.2) is 50.9 Å². The van der Waals surface area contributed by atoms with Crippen LogP contribution in [0, 0.1) is 0 Å². The van der Waals surface area contributed by atoms with Crippen LogP contribution in [0.3, 0.4) is 0 Å². The molecule has 0 saturated heterocycles. The van der Waals surface area contributed by atoms with Gasteiger partial charge in [0.25, 0.3) is 5.91 Å². The van der Waals surface area contributed by atoms with Gasteiger partial charge in [0.15, 0.2) is 11.5 Å². The van der Waals surface area contributed by atoms with E-state index >= 15 is 0 Å². The number of fused-ring (bicyclic) bond motifs is 2. The summed E-state index contributed by atoms with van der Waals surface area (Å²) in [4.78, 5) is 19.5. The Bertz CT molecular complexity index is 947. The lowest BCUT2D eigenvalue weighted by atomic mass is 10.1. The number of carbonyl (C=O) groups excluding carboxylic acids is 1. The number of hydrogen-bond acceptors (Lipinski definition) is 5. The highest BCUT2D eigenvalue weighted by molar-refractivity contribution is 6.05. The Morgan fingerprint density at radius 3 is 2.37 bits per heavy atom. The standard InChI is InChI=1S/C21H20N2O4/c1-25-16-6-4-13(5-7-16)14-8-15-11-22-18-10-20(27-3)19(26-2)9-17(18)21(24)23(15)12-14/h4-11,15H,12H2,1-3H3/t15-/m0/s1. The molecule has 1 atom stereocenters. The van der Waals surface area contributed by atoms with Gasteiger partial charge in [-0.25, -0.2) is 0 Å². The largest absolute Gasteiger partial charge is 0.497 e. The topological polar surface area (TPSA) is 60.4 Å². The number of benzene rings is 2. The van der Waals surface area contributed by atoms with Gasteiger partial charge >= 0.3 is 0 Å². The lowest BCUT2D eigenvalue weighted by molar-refractivity contribution is 0.0785. The normalized spacial score (nSPS) is 17.7. The first-order valence-electron chi connectivity index (χ1n) is 8.61. The fraction of sp³-hybridized carbons (Fsp3) is 0.238. The number of rotatable bonds is 4. The second-order valence-electron chi connectivity index (χ2n) is 6.35. The fourth-order valence-corrected chi connectivity index (χ4v) is 3.42. The summed E-state index contributed by atoms with van der Waals surface area (Å²) in [5.74, 6) is 1.80. The van der Waals surface area contributed by atoms with E-state index in [0.717, 1.165) is 16.9 Å². The highest BCUT2D eigenvalue weighted by atomic mass is 16.5. The van der Waals surface area contributed by atoms with E-state index in [1.54, 1.807) is 44.6 Å². The number of nitrogens with zero attached hydrogens (tertiary/aromatic N) is 2. The summed E-state index contributed by atoms with van der Waals surface area (Å²) in [6, 6.07) is 11.1. The lowest BCUT2D eigenvalue weighted by Gasteiger charge is -2.21. The zero-order valence-corrected chi connectivity index (χ0v) is 15.4. The van der Waals surface area contributed by atoms with Crippen molar-refractivity contribution in [1.82, 2.24) is 4.90 Å². The Kier molecular flexibility index (Phi) is 4.32. The van der Waals surface area contributed by atoms with Crippen molar-refractivity contribution in [3.63, 3.8) is 0 Å². The minimum absolute atomic E-state index is 0.0757. The summed E-state index contributed by atoms with van der Waals surface area (Å²) in [5.41, 5.74) is 3.26. The summed E-state index contributed by atoms with van der Waals surface area (Å²) in [7, 11) is 4.76. The number of methoxy groups -OCH3 is 3. The van der Waals surface area contributed by atoms with E-state index in [1.807, 2.05) is 24.3 Å². The summed E-state index contributed by atoms with van der Waals surface area (Å²) >= 11 is 0. The van der Waals surface area contributed by atoms with Crippen LogP contribution in [-0.2, 0) is 0 Å². The molecule has 2 aliphatic heterocycles. The van der Waals surface area contributed by atoms with Gasteiger partial charge in [-0.15, -0.1) is 0 Å². The van der Waals surface area contributed by atoms with Crippen molar-refractivity contribution in [2.45, 2.75) is 6.04 Å². The van der Waals surface area contributed by atoms with Gasteiger partial charge in [-0.2, -0.15) is 0 Å². The first-order valence-corrected chi connectivity index (χ1v) is 8.61. The molecule has 0 aromatic heterocycles. The summed E-state index contributed by atoms with van der Waals surface area (Å²) < 4.78 is 15.9. The van der Waals surface area contributed by atoms with Crippen LogP contribution >= 0.6 is 0 Å². The van der Waals surface area contributed by atoms with Gasteiger partial charge in [0, 0.05) is 18.8 Å². The van der Waals surface area contributed by atoms with Crippen LogP contribution in [0.5, 0.6) is 17.2 Å². The predicted molar refractivity (Wildman–Crippen MR) is 103 cm³/mol. The average Bonchev–Trinajstić information content (AvgIpc) is 3.10. The van der Waals surface area contributed by atoms with Crippen molar-refractivity contribution in [2.75, 3.05) is 27.9 Å². The van der Waals surface area contributed by atoms with Crippen LogP contribution in [0.1, 0.15) is 15.9 Å². The van der Waals surface area contributed by atoms with E-state index < -0.39 is 0 Å². The molecular weight excluding hydrogens is 344 g/mol. The maximum Gasteiger partial charge on any atom is 0.257 e. The first kappa shape index (κ1) is 17.1. The number of ether oxygens (including phenoxy) is 3. The second-order valence-corrected chi connectivity index (χ2v) is 6.35. The summed E-state index contributed by atoms with van der Waals surface area (Å²) in [6.07, 6.45) is 3.87. The lowest BCUT2D eigenvalue weighted by Crippen LogP contribution is -2.36. The second kappa shape index (κ2) is 6.79. The van der Waals surface area contributed by atoms with Gasteiger partial charge in [0.05, 0.1) is 38.6 Å². The molecule has 0 bridgehead atoms. The molecule has 6 nitrogen and oxygen atoms in total. The van der Waals surface area contributed by atoms with Crippen LogP contribution in [0.15, 0.2) is 47.5 Å². The number of carbonyl (C=O) groups is 1. The maximum atomic E-state index is 13.2. The Morgan fingerprint density at radius 2 is 1.70 bits per heavy atom. The SMILES string of the molecule is COc1ccc(C2=C[C@H]3C=Nc4cc(OC)c(OC)cc4C(=O)N3C2)cc1. The van der Waals surface area contributed by atoms with E-state index in [0.29, 0.717) is 29.3 Å². The highest BCUT2D eigenvalue weighted by Crippen LogP contribution is 2.38. The summed E-state index contributed by atoms with van der Waals surface area (Å²) in [5, 5.41) is 0. The molecule has 2 heterocycles. The minimum Gasteiger partial charge on any atom is -0.497 e. The van der Waals surface area contributed by atoms with E-state index in [-0.39, 0.29) is 11.9 Å². The van der Waals surface area contributed by atoms with Gasteiger partial charge in [-0.05, 0) is 29.3 Å². The smallest absolute Gasteiger partial charge is 0.257 e. The molecule has 2 aromatic rings. The zero-order chi connectivity index (χ0) is 19.0. The molecule has 138 valence electrons. The molecule has 1 amide bonds. The molecular formula is C21H20N2O4. The van der Waals surface area contributed by atoms with Gasteiger partial charge in [-0.3, -0.25) is 9.79 Å². The number of aliphatic imine (C=N–C) groups is 1. The summed E-state index contributed by atoms with van der Waals surface area (Å²) in [6.45, 7) is 0.523. The van der Waals surface area contributed by atoms with E-state index in [2.05, 4.69) is 11.1 Å². The van der Waals surface area contributed by atoms with Gasteiger partial charge in [0.1, 0.15) is 5.75 Å². The molecule has 6 heteroatoms. The highest BCUT2D eigenvalue weighted by Gasteiger charge is 2.33. The predicted octanol–water partition coefficient (Wildman–Crippen LogP) is 3.34. The first-order chi connectivity index (χ1) is 13.1. The van der Waals surface area contributed by atoms with Crippen molar-refractivity contribution in [2.24, 2.45) is 4.99 Å². The van der Waals surface area contributed by atoms with Crippen LogP contribution in [0.4, 0.5) is 5.69 Å². The molecule has 0 radical (unpaired) electrons. The van der Waals surface area contributed by atoms with Crippen molar-refractivity contribution >= 4 is 23.4 Å². The van der Waals surface area contributed by atoms with Gasteiger partial charge < -0.3 is 19.1 Å². The zero-order valence-electron chi connectivity index (χ0n) is 15.4. The van der Waals surface area contributed by atoms with E-state index in [4.69, 9.17) is 14.2 Å². The third-order valence-corrected chi connectivity index (χ3v) is 4.89. The Balaban J connectivity index is 1.68. The van der Waals surface area contributed by atoms with E-state index in [1.165, 1.54) is 0 Å². The third kappa shape index (κ3) is 2.93. The molecule has 0 N–H and O–H groups in total. The Labute approximate surface area is 157 Å². The van der Waals surface area contributed by atoms with Crippen molar-refractivity contribution in [3.05, 3.63) is 53.6 Å². The number of hydrogen-bond donors (Lipinski definition) is 0. The average molecular weight is 364 g/mol. The molecule has 4 rings (SSSR count). The van der Waals surface area contributed by atoms with Crippen molar-refractivity contribution in [1.29, 1.82) is 0 Å². The Hall–Kier alpha value is -3.28. The third-order valence-electron chi connectivity index (χ3n) is 4.89. The van der Waals surface area contributed by atoms with E-state index in [9.17, 15) is 4.79 Å². The molecule has 0 unspecified atom stereocenters. The van der Waals surface area contributed by atoms with Crippen molar-refractivity contribution in [3.8, 4) is 17.2 Å². The van der Waals surface area contributed by atoms with Crippen LogP contribution < -0.4 is 14.2 Å². The fourth-order valence-electron chi connectivity index (χ4n) is 3.42. The molecule has 2 aliphatic rings. The molecule has 0 spiro atoms. The van der Waals surface area contributed by atoms with Crippen LogP contribution in [0.25, 0.3) is 5.57 Å².